The number of carbonyl (C=O) groups excluding carboxylic acids is 1. The summed E-state index contributed by atoms with van der Waals surface area (Å²) < 4.78 is 5.17. The first-order valence-electron chi connectivity index (χ1n) is 10.2. The van der Waals surface area contributed by atoms with Crippen LogP contribution in [-0.2, 0) is 9.53 Å². The van der Waals surface area contributed by atoms with Crippen molar-refractivity contribution in [3.63, 3.8) is 0 Å². The first-order valence-corrected chi connectivity index (χ1v) is 11.0. The van der Waals surface area contributed by atoms with Crippen LogP contribution >= 0.6 is 11.8 Å². The molecule has 1 fully saturated rings. The molecule has 0 bridgehead atoms. The van der Waals surface area contributed by atoms with Gasteiger partial charge >= 0.3 is 5.97 Å². The van der Waals surface area contributed by atoms with E-state index in [2.05, 4.69) is 59.5 Å². The zero-order valence-electron chi connectivity index (χ0n) is 16.4. The van der Waals surface area contributed by atoms with Crippen LogP contribution < -0.4 is 0 Å². The lowest BCUT2D eigenvalue weighted by Crippen LogP contribution is -2.37. The summed E-state index contributed by atoms with van der Waals surface area (Å²) >= 11 is 1.86. The molecule has 2 aliphatic heterocycles. The molecule has 0 radical (unpaired) electrons. The van der Waals surface area contributed by atoms with Gasteiger partial charge in [0, 0.05) is 16.3 Å². The van der Waals surface area contributed by atoms with Crippen molar-refractivity contribution >= 4 is 23.3 Å². The molecule has 2 aromatic rings. The van der Waals surface area contributed by atoms with E-state index in [4.69, 9.17) is 4.74 Å². The lowest BCUT2D eigenvalue weighted by atomic mass is 9.95. The molecule has 2 aliphatic rings. The monoisotopic (exact) mass is 393 g/mol. The van der Waals surface area contributed by atoms with Crippen LogP contribution in [0.1, 0.15) is 37.3 Å². The molecule has 0 aromatic heterocycles. The van der Waals surface area contributed by atoms with Crippen molar-refractivity contribution in [1.29, 1.82) is 0 Å². The number of benzene rings is 2. The van der Waals surface area contributed by atoms with Gasteiger partial charge in [-0.2, -0.15) is 0 Å². The van der Waals surface area contributed by atoms with Crippen molar-refractivity contribution < 1.29 is 9.53 Å². The highest BCUT2D eigenvalue weighted by atomic mass is 32.2. The van der Waals surface area contributed by atoms with Gasteiger partial charge in [-0.05, 0) is 68.1 Å². The van der Waals surface area contributed by atoms with Crippen molar-refractivity contribution in [3.05, 3.63) is 65.7 Å². The van der Waals surface area contributed by atoms with Crippen molar-refractivity contribution in [2.45, 2.75) is 36.0 Å². The van der Waals surface area contributed by atoms with Gasteiger partial charge in [-0.25, -0.2) is 0 Å². The van der Waals surface area contributed by atoms with E-state index in [1.165, 1.54) is 26.5 Å². The summed E-state index contributed by atoms with van der Waals surface area (Å²) in [5, 5.41) is 0. The summed E-state index contributed by atoms with van der Waals surface area (Å²) in [5.41, 5.74) is 4.03. The smallest absolute Gasteiger partial charge is 0.309 e. The third-order valence-corrected chi connectivity index (χ3v) is 6.73. The lowest BCUT2D eigenvalue weighted by Gasteiger charge is -2.30. The van der Waals surface area contributed by atoms with Crippen LogP contribution in [0.25, 0.3) is 5.57 Å². The largest absolute Gasteiger partial charge is 0.466 e. The Morgan fingerprint density at radius 1 is 1.07 bits per heavy atom. The Hall–Kier alpha value is -2.04. The maximum absolute atomic E-state index is 11.9. The van der Waals surface area contributed by atoms with E-state index < -0.39 is 0 Å². The Morgan fingerprint density at radius 2 is 1.68 bits per heavy atom. The number of ether oxygens (including phenoxy) is 1. The minimum absolute atomic E-state index is 0.0165. The van der Waals surface area contributed by atoms with Crippen LogP contribution in [0.4, 0.5) is 0 Å². The topological polar surface area (TPSA) is 29.5 Å². The molecular weight excluding hydrogens is 366 g/mol. The number of likely N-dealkylation sites (tertiary alicyclic amines) is 1. The molecule has 4 rings (SSSR count). The Kier molecular flexibility index (Phi) is 6.18. The molecule has 0 spiro atoms. The maximum atomic E-state index is 11.9. The van der Waals surface area contributed by atoms with Gasteiger partial charge in [-0.15, -0.1) is 0 Å². The second kappa shape index (κ2) is 8.97. The van der Waals surface area contributed by atoms with Crippen molar-refractivity contribution in [1.82, 2.24) is 4.90 Å². The third-order valence-electron chi connectivity index (χ3n) is 5.58. The predicted octanol–water partition coefficient (Wildman–Crippen LogP) is 5.25. The molecule has 0 atom stereocenters. The van der Waals surface area contributed by atoms with E-state index in [1.54, 1.807) is 0 Å². The zero-order valence-corrected chi connectivity index (χ0v) is 17.2. The number of piperidine rings is 1. The molecule has 2 aromatic carbocycles. The normalized spacial score (nSPS) is 17.0. The lowest BCUT2D eigenvalue weighted by molar-refractivity contribution is -0.149. The van der Waals surface area contributed by atoms with Gasteiger partial charge in [0.15, 0.2) is 0 Å². The second-order valence-electron chi connectivity index (χ2n) is 7.37. The number of rotatable bonds is 5. The molecule has 1 saturated heterocycles. The minimum Gasteiger partial charge on any atom is -0.466 e. The van der Waals surface area contributed by atoms with E-state index >= 15 is 0 Å². The van der Waals surface area contributed by atoms with Gasteiger partial charge in [0.25, 0.3) is 0 Å². The number of esters is 1. The van der Waals surface area contributed by atoms with Crippen LogP contribution in [0.2, 0.25) is 0 Å². The quantitative estimate of drug-likeness (QED) is 0.554. The van der Waals surface area contributed by atoms with E-state index in [-0.39, 0.29) is 11.9 Å². The first kappa shape index (κ1) is 19.3. The minimum atomic E-state index is -0.0165. The zero-order chi connectivity index (χ0) is 19.3. The summed E-state index contributed by atoms with van der Waals surface area (Å²) in [6, 6.07) is 17.4. The predicted molar refractivity (Wildman–Crippen MR) is 115 cm³/mol. The van der Waals surface area contributed by atoms with Crippen LogP contribution in [-0.4, -0.2) is 37.1 Å². The van der Waals surface area contributed by atoms with Gasteiger partial charge in [-0.3, -0.25) is 4.79 Å². The maximum Gasteiger partial charge on any atom is 0.309 e. The van der Waals surface area contributed by atoms with Crippen LogP contribution in [0.5, 0.6) is 0 Å². The summed E-state index contributed by atoms with van der Waals surface area (Å²) in [7, 11) is 0. The fourth-order valence-electron chi connectivity index (χ4n) is 4.08. The van der Waals surface area contributed by atoms with Gasteiger partial charge < -0.3 is 9.64 Å². The van der Waals surface area contributed by atoms with E-state index in [0.717, 1.165) is 38.9 Å². The highest BCUT2D eigenvalue weighted by Gasteiger charge is 2.25. The highest BCUT2D eigenvalue weighted by Crippen LogP contribution is 2.45. The molecule has 146 valence electrons. The Morgan fingerprint density at radius 3 is 2.29 bits per heavy atom. The van der Waals surface area contributed by atoms with E-state index in [1.807, 2.05) is 18.7 Å². The number of hydrogen-bond donors (Lipinski definition) is 0. The Balaban J connectivity index is 1.41. The fourth-order valence-corrected chi connectivity index (χ4v) is 5.19. The van der Waals surface area contributed by atoms with Gasteiger partial charge in [-0.1, -0.05) is 54.2 Å². The Bertz CT molecular complexity index is 821. The van der Waals surface area contributed by atoms with Gasteiger partial charge in [0.05, 0.1) is 12.5 Å². The molecule has 28 heavy (non-hydrogen) atoms. The molecule has 0 amide bonds. The van der Waals surface area contributed by atoms with Gasteiger partial charge in [0.2, 0.25) is 0 Å². The Labute approximate surface area is 171 Å². The fraction of sp³-hybridized carbons (Fsp3) is 0.375. The van der Waals surface area contributed by atoms with Gasteiger partial charge in [0.1, 0.15) is 0 Å². The highest BCUT2D eigenvalue weighted by molar-refractivity contribution is 7.99. The van der Waals surface area contributed by atoms with Crippen LogP contribution in [0.15, 0.2) is 64.4 Å². The molecule has 0 saturated carbocycles. The molecular formula is C24H27NO2S. The standard InChI is InChI=1S/C24H27NO2S/c1-2-27-24(26)18-13-16-25(17-14-18)15-7-10-19-20-8-3-5-11-22(20)28-23-12-6-4-9-21(19)23/h3-6,8-12,18H,2,7,13-17H2,1H3. The number of fused-ring (bicyclic) bond motifs is 2. The van der Waals surface area contributed by atoms with Crippen molar-refractivity contribution in [2.75, 3.05) is 26.2 Å². The SMILES string of the molecule is CCOC(=O)C1CCN(CCC=C2c3ccccc3Sc3ccccc32)CC1. The average molecular weight is 394 g/mol. The number of hydrogen-bond acceptors (Lipinski definition) is 4. The summed E-state index contributed by atoms with van der Waals surface area (Å²) in [6.07, 6.45) is 5.25. The summed E-state index contributed by atoms with van der Waals surface area (Å²) in [6.45, 7) is 5.36. The first-order chi connectivity index (χ1) is 13.8. The second-order valence-corrected chi connectivity index (χ2v) is 8.45. The number of nitrogens with zero attached hydrogens (tertiary/aromatic N) is 1. The molecule has 2 heterocycles. The van der Waals surface area contributed by atoms with Crippen molar-refractivity contribution in [2.24, 2.45) is 5.92 Å². The molecule has 4 heteroatoms. The third kappa shape index (κ3) is 4.18. The van der Waals surface area contributed by atoms with Crippen LogP contribution in [0.3, 0.4) is 0 Å². The van der Waals surface area contributed by atoms with Crippen molar-refractivity contribution in [3.8, 4) is 0 Å². The molecule has 0 aliphatic carbocycles. The summed E-state index contributed by atoms with van der Waals surface area (Å²) in [4.78, 5) is 17.1. The number of carbonyl (C=O) groups is 1. The average Bonchev–Trinajstić information content (AvgIpc) is 2.74. The summed E-state index contributed by atoms with van der Waals surface area (Å²) in [5.74, 6) is 0.0702. The van der Waals surface area contributed by atoms with Crippen LogP contribution in [0, 0.1) is 5.92 Å². The van der Waals surface area contributed by atoms with E-state index in [9.17, 15) is 4.79 Å². The molecule has 3 nitrogen and oxygen atoms in total. The molecule has 0 N–H and O–H groups in total. The van der Waals surface area contributed by atoms with E-state index in [0.29, 0.717) is 6.61 Å². The molecule has 0 unspecified atom stereocenters.